The lowest BCUT2D eigenvalue weighted by Crippen LogP contribution is -2.39. The number of benzene rings is 1. The average molecular weight is 262 g/mol. The van der Waals surface area contributed by atoms with Crippen LogP contribution in [0.3, 0.4) is 0 Å². The molecule has 5 heteroatoms. The molecule has 0 aromatic heterocycles. The SMILES string of the molecule is CC(C)Oc1cc(N)cc(C2CCC(=O)NC2=O)c1. The fourth-order valence-electron chi connectivity index (χ4n) is 2.20. The quantitative estimate of drug-likeness (QED) is 0.640. The molecule has 0 spiro atoms. The zero-order valence-corrected chi connectivity index (χ0v) is 11.1. The van der Waals surface area contributed by atoms with Crippen LogP contribution in [0.5, 0.6) is 5.75 Å². The van der Waals surface area contributed by atoms with Gasteiger partial charge in [0.25, 0.3) is 0 Å². The molecule has 1 aliphatic heterocycles. The van der Waals surface area contributed by atoms with Crippen molar-refractivity contribution in [3.05, 3.63) is 23.8 Å². The second kappa shape index (κ2) is 5.30. The van der Waals surface area contributed by atoms with E-state index in [1.807, 2.05) is 19.9 Å². The fourth-order valence-corrected chi connectivity index (χ4v) is 2.20. The zero-order chi connectivity index (χ0) is 14.0. The number of piperidine rings is 1. The first-order valence-electron chi connectivity index (χ1n) is 6.36. The third kappa shape index (κ3) is 3.24. The van der Waals surface area contributed by atoms with Gasteiger partial charge in [-0.2, -0.15) is 0 Å². The zero-order valence-electron chi connectivity index (χ0n) is 11.1. The highest BCUT2D eigenvalue weighted by molar-refractivity contribution is 6.01. The molecule has 0 aliphatic carbocycles. The Morgan fingerprint density at radius 2 is 2.05 bits per heavy atom. The summed E-state index contributed by atoms with van der Waals surface area (Å²) in [4.78, 5) is 23.0. The number of carbonyl (C=O) groups excluding carboxylic acids is 2. The van der Waals surface area contributed by atoms with Crippen molar-refractivity contribution in [3.8, 4) is 5.75 Å². The number of amides is 2. The minimum Gasteiger partial charge on any atom is -0.491 e. The molecule has 2 rings (SSSR count). The molecule has 3 N–H and O–H groups in total. The Morgan fingerprint density at radius 3 is 2.68 bits per heavy atom. The molecule has 1 aromatic carbocycles. The number of anilines is 1. The van der Waals surface area contributed by atoms with Gasteiger partial charge in [0.05, 0.1) is 12.0 Å². The van der Waals surface area contributed by atoms with E-state index < -0.39 is 0 Å². The minimum absolute atomic E-state index is 0.0383. The van der Waals surface area contributed by atoms with Crippen molar-refractivity contribution < 1.29 is 14.3 Å². The predicted molar refractivity (Wildman–Crippen MR) is 71.7 cm³/mol. The van der Waals surface area contributed by atoms with Crippen molar-refractivity contribution in [1.29, 1.82) is 0 Å². The van der Waals surface area contributed by atoms with Gasteiger partial charge in [-0.15, -0.1) is 0 Å². The lowest BCUT2D eigenvalue weighted by molar-refractivity contribution is -0.134. The summed E-state index contributed by atoms with van der Waals surface area (Å²) in [7, 11) is 0. The van der Waals surface area contributed by atoms with Gasteiger partial charge in [-0.25, -0.2) is 0 Å². The lowest BCUT2D eigenvalue weighted by atomic mass is 9.90. The van der Waals surface area contributed by atoms with Gasteiger partial charge in [0.1, 0.15) is 5.75 Å². The molecule has 1 heterocycles. The first kappa shape index (κ1) is 13.4. The molecule has 1 aromatic rings. The number of imide groups is 1. The molecule has 0 bridgehead atoms. The van der Waals surface area contributed by atoms with Crippen LogP contribution in [0.4, 0.5) is 5.69 Å². The molecule has 102 valence electrons. The van der Waals surface area contributed by atoms with Crippen LogP contribution in [0, 0.1) is 0 Å². The van der Waals surface area contributed by atoms with E-state index in [4.69, 9.17) is 10.5 Å². The lowest BCUT2D eigenvalue weighted by Gasteiger charge is -2.22. The van der Waals surface area contributed by atoms with E-state index in [0.29, 0.717) is 24.3 Å². The summed E-state index contributed by atoms with van der Waals surface area (Å²) in [5, 5.41) is 2.35. The van der Waals surface area contributed by atoms with Gasteiger partial charge in [-0.05, 0) is 38.0 Å². The predicted octanol–water partition coefficient (Wildman–Crippen LogP) is 1.58. The monoisotopic (exact) mass is 262 g/mol. The van der Waals surface area contributed by atoms with Crippen LogP contribution in [-0.4, -0.2) is 17.9 Å². The molecular formula is C14H18N2O3. The van der Waals surface area contributed by atoms with Crippen molar-refractivity contribution in [1.82, 2.24) is 5.32 Å². The van der Waals surface area contributed by atoms with E-state index in [1.54, 1.807) is 12.1 Å². The number of hydrogen-bond acceptors (Lipinski definition) is 4. The highest BCUT2D eigenvalue weighted by Gasteiger charge is 2.28. The van der Waals surface area contributed by atoms with E-state index in [2.05, 4.69) is 5.32 Å². The van der Waals surface area contributed by atoms with Crippen LogP contribution in [0.1, 0.15) is 38.2 Å². The topological polar surface area (TPSA) is 81.4 Å². The number of rotatable bonds is 3. The highest BCUT2D eigenvalue weighted by atomic mass is 16.5. The van der Waals surface area contributed by atoms with Crippen LogP contribution in [0.25, 0.3) is 0 Å². The molecule has 0 radical (unpaired) electrons. The number of ether oxygens (including phenoxy) is 1. The van der Waals surface area contributed by atoms with E-state index in [9.17, 15) is 9.59 Å². The second-order valence-corrected chi connectivity index (χ2v) is 5.01. The summed E-state index contributed by atoms with van der Waals surface area (Å²) in [6.45, 7) is 3.85. The third-order valence-electron chi connectivity index (χ3n) is 2.96. The Balaban J connectivity index is 2.26. The molecule has 5 nitrogen and oxygen atoms in total. The van der Waals surface area contributed by atoms with Crippen molar-refractivity contribution in [2.24, 2.45) is 0 Å². The molecular weight excluding hydrogens is 244 g/mol. The maximum absolute atomic E-state index is 11.8. The van der Waals surface area contributed by atoms with Crippen LogP contribution in [-0.2, 0) is 9.59 Å². The van der Waals surface area contributed by atoms with Gasteiger partial charge >= 0.3 is 0 Å². The van der Waals surface area contributed by atoms with Gasteiger partial charge in [0.2, 0.25) is 11.8 Å². The summed E-state index contributed by atoms with van der Waals surface area (Å²) in [5.41, 5.74) is 7.18. The van der Waals surface area contributed by atoms with E-state index in [0.717, 1.165) is 5.56 Å². The van der Waals surface area contributed by atoms with Gasteiger partial charge in [0.15, 0.2) is 0 Å². The number of nitrogens with two attached hydrogens (primary N) is 1. The third-order valence-corrected chi connectivity index (χ3v) is 2.96. The Labute approximate surface area is 112 Å². The fraction of sp³-hybridized carbons (Fsp3) is 0.429. The largest absolute Gasteiger partial charge is 0.491 e. The maximum atomic E-state index is 11.8. The van der Waals surface area contributed by atoms with Crippen molar-refractivity contribution in [2.75, 3.05) is 5.73 Å². The van der Waals surface area contributed by atoms with Crippen molar-refractivity contribution >= 4 is 17.5 Å². The second-order valence-electron chi connectivity index (χ2n) is 5.01. The van der Waals surface area contributed by atoms with Crippen molar-refractivity contribution in [2.45, 2.75) is 38.7 Å². The molecule has 1 fully saturated rings. The molecule has 0 saturated carbocycles. The van der Waals surface area contributed by atoms with Crippen LogP contribution in [0.15, 0.2) is 18.2 Å². The van der Waals surface area contributed by atoms with Crippen molar-refractivity contribution in [3.63, 3.8) is 0 Å². The van der Waals surface area contributed by atoms with Gasteiger partial charge < -0.3 is 10.5 Å². The first-order chi connectivity index (χ1) is 8.95. The highest BCUT2D eigenvalue weighted by Crippen LogP contribution is 2.30. The summed E-state index contributed by atoms with van der Waals surface area (Å²) in [6.07, 6.45) is 0.900. The molecule has 1 unspecified atom stereocenters. The van der Waals surface area contributed by atoms with E-state index in [-0.39, 0.29) is 23.8 Å². The molecule has 1 saturated heterocycles. The Morgan fingerprint density at radius 1 is 1.32 bits per heavy atom. The summed E-state index contributed by atoms with van der Waals surface area (Å²) in [5.74, 6) is -0.174. The minimum atomic E-state index is -0.337. The molecule has 2 amide bonds. The molecule has 1 atom stereocenters. The van der Waals surface area contributed by atoms with E-state index in [1.165, 1.54) is 0 Å². The van der Waals surface area contributed by atoms with Crippen LogP contribution in [0.2, 0.25) is 0 Å². The number of nitrogen functional groups attached to an aromatic ring is 1. The molecule has 1 aliphatic rings. The van der Waals surface area contributed by atoms with Crippen LogP contribution >= 0.6 is 0 Å². The number of carbonyl (C=O) groups is 2. The van der Waals surface area contributed by atoms with Gasteiger partial charge in [-0.3, -0.25) is 14.9 Å². The summed E-state index contributed by atoms with van der Waals surface area (Å²) >= 11 is 0. The maximum Gasteiger partial charge on any atom is 0.234 e. The summed E-state index contributed by atoms with van der Waals surface area (Å²) in [6, 6.07) is 5.30. The Bertz CT molecular complexity index is 511. The first-order valence-corrected chi connectivity index (χ1v) is 6.36. The molecule has 19 heavy (non-hydrogen) atoms. The average Bonchev–Trinajstić information content (AvgIpc) is 2.26. The Kier molecular flexibility index (Phi) is 3.74. The summed E-state index contributed by atoms with van der Waals surface area (Å²) < 4.78 is 5.60. The van der Waals surface area contributed by atoms with E-state index >= 15 is 0 Å². The van der Waals surface area contributed by atoms with Gasteiger partial charge in [-0.1, -0.05) is 0 Å². The smallest absolute Gasteiger partial charge is 0.234 e. The van der Waals surface area contributed by atoms with Crippen LogP contribution < -0.4 is 15.8 Å². The number of hydrogen-bond donors (Lipinski definition) is 2. The van der Waals surface area contributed by atoms with Gasteiger partial charge in [0, 0.05) is 18.2 Å². The number of nitrogens with one attached hydrogen (secondary N) is 1. The normalized spacial score (nSPS) is 19.4. The standard InChI is InChI=1S/C14H18N2O3/c1-8(2)19-11-6-9(5-10(15)7-11)12-3-4-13(17)16-14(12)18/h5-8,12H,3-4,15H2,1-2H3,(H,16,17,18). The Hall–Kier alpha value is -2.04.